The fourth-order valence-electron chi connectivity index (χ4n) is 1.26. The van der Waals surface area contributed by atoms with E-state index in [0.717, 1.165) is 5.56 Å². The summed E-state index contributed by atoms with van der Waals surface area (Å²) in [7, 11) is -3.29. The summed E-state index contributed by atoms with van der Waals surface area (Å²) in [5, 5.41) is 0. The third kappa shape index (κ3) is 3.13. The lowest BCUT2D eigenvalue weighted by molar-refractivity contribution is 0.587. The van der Waals surface area contributed by atoms with Gasteiger partial charge in [-0.1, -0.05) is 55.5 Å². The van der Waals surface area contributed by atoms with E-state index in [4.69, 9.17) is 0 Å². The lowest BCUT2D eigenvalue weighted by atomic mass is 9.87. The number of hydrogen-bond acceptors (Lipinski definition) is 3. The van der Waals surface area contributed by atoms with E-state index < -0.39 is 12.4 Å². The Morgan fingerprint density at radius 3 is 1.94 bits per heavy atom. The zero-order valence-electron chi connectivity index (χ0n) is 9.44. The molecular weight excluding hydrogens is 355 g/mol. The van der Waals surface area contributed by atoms with Gasteiger partial charge in [0.25, 0.3) is 0 Å². The first-order valence-corrected chi connectivity index (χ1v) is 8.13. The zero-order valence-corrected chi connectivity index (χ0v) is 13.3. The van der Waals surface area contributed by atoms with E-state index in [1.54, 1.807) is 34.7 Å². The van der Waals surface area contributed by atoms with Crippen LogP contribution in [0.4, 0.5) is 0 Å². The van der Waals surface area contributed by atoms with Crippen molar-refractivity contribution in [2.75, 3.05) is 0 Å². The van der Waals surface area contributed by atoms with Gasteiger partial charge in [0.1, 0.15) is 0 Å². The number of alkyl halides is 1. The Kier molecular flexibility index (Phi) is 4.34. The quantitative estimate of drug-likeness (QED) is 0.492. The SMILES string of the molecule is CC(C)(C)c1ccc(S(=O)(=O)C(S)I)cc1. The van der Waals surface area contributed by atoms with Gasteiger partial charge >= 0.3 is 0 Å². The van der Waals surface area contributed by atoms with E-state index in [2.05, 4.69) is 33.4 Å². The fourth-order valence-corrected chi connectivity index (χ4v) is 3.24. The van der Waals surface area contributed by atoms with E-state index in [9.17, 15) is 8.42 Å². The first-order chi connectivity index (χ1) is 7.15. The van der Waals surface area contributed by atoms with Crippen LogP contribution in [0.15, 0.2) is 29.2 Å². The molecule has 0 N–H and O–H groups in total. The molecule has 2 nitrogen and oxygen atoms in total. The van der Waals surface area contributed by atoms with Crippen molar-refractivity contribution < 1.29 is 8.42 Å². The smallest absolute Gasteiger partial charge is 0.199 e. The maximum Gasteiger partial charge on any atom is 0.199 e. The molecule has 1 rings (SSSR count). The second-order valence-electron chi connectivity index (χ2n) is 4.61. The number of benzene rings is 1. The van der Waals surface area contributed by atoms with Crippen molar-refractivity contribution in [1.29, 1.82) is 0 Å². The van der Waals surface area contributed by atoms with E-state index in [1.165, 1.54) is 0 Å². The van der Waals surface area contributed by atoms with Crippen molar-refractivity contribution in [3.63, 3.8) is 0 Å². The minimum absolute atomic E-state index is 0.0347. The molecule has 0 saturated carbocycles. The molecule has 0 aliphatic rings. The molecule has 0 amide bonds. The predicted molar refractivity (Wildman–Crippen MR) is 79.1 cm³/mol. The molecule has 1 atom stereocenters. The Balaban J connectivity index is 3.15. The fraction of sp³-hybridized carbons (Fsp3) is 0.455. The highest BCUT2D eigenvalue weighted by atomic mass is 127. The molecule has 0 aromatic heterocycles. The Bertz CT molecular complexity index is 456. The average Bonchev–Trinajstić information content (AvgIpc) is 2.16. The molecular formula is C11H15IO2S2. The average molecular weight is 370 g/mol. The lowest BCUT2D eigenvalue weighted by Gasteiger charge is -2.19. The Hall–Kier alpha value is 0.250. The molecule has 0 radical (unpaired) electrons. The van der Waals surface area contributed by atoms with Gasteiger partial charge in [-0.05, 0) is 23.1 Å². The molecule has 0 aliphatic carbocycles. The summed E-state index contributed by atoms with van der Waals surface area (Å²) in [6, 6.07) is 7.02. The van der Waals surface area contributed by atoms with Crippen LogP contribution in [0.3, 0.4) is 0 Å². The highest BCUT2D eigenvalue weighted by Crippen LogP contribution is 2.27. The first kappa shape index (κ1) is 14.3. The predicted octanol–water partition coefficient (Wildman–Crippen LogP) is 3.41. The van der Waals surface area contributed by atoms with Gasteiger partial charge in [-0.15, -0.1) is 12.6 Å². The van der Waals surface area contributed by atoms with Crippen LogP contribution in [0.25, 0.3) is 0 Å². The van der Waals surface area contributed by atoms with Gasteiger partial charge in [-0.25, -0.2) is 8.42 Å². The molecule has 1 aromatic carbocycles. The van der Waals surface area contributed by atoms with Crippen molar-refractivity contribution >= 4 is 45.1 Å². The highest BCUT2D eigenvalue weighted by Gasteiger charge is 2.22. The number of rotatable bonds is 2. The zero-order chi connectivity index (χ0) is 12.6. The summed E-state index contributed by atoms with van der Waals surface area (Å²) in [6.07, 6.45) is 0. The molecule has 0 fully saturated rings. The van der Waals surface area contributed by atoms with Crippen LogP contribution in [-0.2, 0) is 15.3 Å². The number of hydrogen-bond donors (Lipinski definition) is 1. The number of halogens is 1. The topological polar surface area (TPSA) is 34.1 Å². The lowest BCUT2D eigenvalue weighted by Crippen LogP contribution is -2.12. The second kappa shape index (κ2) is 4.86. The van der Waals surface area contributed by atoms with Gasteiger partial charge < -0.3 is 0 Å². The maximum absolute atomic E-state index is 11.8. The second-order valence-corrected chi connectivity index (χ2v) is 10.6. The molecule has 0 spiro atoms. The highest BCUT2D eigenvalue weighted by molar-refractivity contribution is 14.1. The normalized spacial score (nSPS) is 14.8. The van der Waals surface area contributed by atoms with Crippen molar-refractivity contribution in [2.45, 2.75) is 33.7 Å². The van der Waals surface area contributed by atoms with Crippen molar-refractivity contribution in [1.82, 2.24) is 0 Å². The molecule has 16 heavy (non-hydrogen) atoms. The van der Waals surface area contributed by atoms with Gasteiger partial charge in [-0.2, -0.15) is 0 Å². The Morgan fingerprint density at radius 1 is 1.19 bits per heavy atom. The number of sulfone groups is 1. The molecule has 5 heteroatoms. The molecule has 1 unspecified atom stereocenters. The van der Waals surface area contributed by atoms with Crippen molar-refractivity contribution in [3.8, 4) is 0 Å². The van der Waals surface area contributed by atoms with Gasteiger partial charge in [0.05, 0.1) is 4.90 Å². The minimum atomic E-state index is -3.29. The first-order valence-electron chi connectivity index (χ1n) is 4.82. The standard InChI is InChI=1S/C11H15IO2S2/c1-11(2,3)8-4-6-9(7-5-8)16(13,14)10(12)15/h4-7,10,15H,1-3H3. The van der Waals surface area contributed by atoms with Gasteiger partial charge in [-0.3, -0.25) is 0 Å². The summed E-state index contributed by atoms with van der Waals surface area (Å²) < 4.78 is 22.9. The third-order valence-electron chi connectivity index (χ3n) is 2.30. The van der Waals surface area contributed by atoms with E-state index >= 15 is 0 Å². The van der Waals surface area contributed by atoms with Gasteiger partial charge in [0.2, 0.25) is 0 Å². The maximum atomic E-state index is 11.8. The van der Waals surface area contributed by atoms with Crippen molar-refractivity contribution in [2.24, 2.45) is 0 Å². The van der Waals surface area contributed by atoms with E-state index in [1.807, 2.05) is 12.1 Å². The molecule has 0 heterocycles. The van der Waals surface area contributed by atoms with Crippen LogP contribution in [-0.4, -0.2) is 11.0 Å². The Morgan fingerprint density at radius 2 is 1.62 bits per heavy atom. The van der Waals surface area contributed by atoms with Crippen molar-refractivity contribution in [3.05, 3.63) is 29.8 Å². The largest absolute Gasteiger partial charge is 0.222 e. The molecule has 0 aliphatic heterocycles. The number of thiol groups is 1. The van der Waals surface area contributed by atoms with Crippen LogP contribution in [0.5, 0.6) is 0 Å². The summed E-state index contributed by atoms with van der Waals surface area (Å²) in [5.41, 5.74) is 1.16. The van der Waals surface area contributed by atoms with Crippen LogP contribution < -0.4 is 0 Å². The summed E-state index contributed by atoms with van der Waals surface area (Å²) in [5.74, 6) is 0. The Labute approximate surface area is 116 Å². The van der Waals surface area contributed by atoms with Gasteiger partial charge in [0.15, 0.2) is 12.4 Å². The van der Waals surface area contributed by atoms with Gasteiger partial charge in [0, 0.05) is 0 Å². The third-order valence-corrected chi connectivity index (χ3v) is 6.59. The molecule has 0 saturated heterocycles. The summed E-state index contributed by atoms with van der Waals surface area (Å²) in [6.45, 7) is 6.28. The monoisotopic (exact) mass is 370 g/mol. The summed E-state index contributed by atoms with van der Waals surface area (Å²) in [4.78, 5) is 0.329. The molecule has 0 bridgehead atoms. The summed E-state index contributed by atoms with van der Waals surface area (Å²) >= 11 is 5.76. The van der Waals surface area contributed by atoms with Crippen LogP contribution >= 0.6 is 35.2 Å². The molecule has 1 aromatic rings. The van der Waals surface area contributed by atoms with E-state index in [0.29, 0.717) is 4.90 Å². The van der Waals surface area contributed by atoms with Crippen LogP contribution in [0.2, 0.25) is 0 Å². The minimum Gasteiger partial charge on any atom is -0.222 e. The van der Waals surface area contributed by atoms with E-state index in [-0.39, 0.29) is 5.41 Å². The molecule has 90 valence electrons. The van der Waals surface area contributed by atoms with Crippen LogP contribution in [0, 0.1) is 0 Å². The van der Waals surface area contributed by atoms with Crippen LogP contribution in [0.1, 0.15) is 26.3 Å².